The molecule has 5 rings (SSSR count). The van der Waals surface area contributed by atoms with Crippen molar-refractivity contribution >= 4 is 43.8 Å². The molecule has 2 aromatic carbocycles. The number of Topliss-reactive ketones (excluding diaryl/α,β-unsaturated/α-hetero) is 1. The number of hydrogen-bond acceptors (Lipinski definition) is 5. The van der Waals surface area contributed by atoms with Crippen LogP contribution in [0.5, 0.6) is 5.75 Å². The van der Waals surface area contributed by atoms with Crippen LogP contribution in [0.1, 0.15) is 37.3 Å². The fraction of sp³-hybridized carbons (Fsp3) is 0.280. The van der Waals surface area contributed by atoms with E-state index in [0.717, 1.165) is 48.7 Å². The third kappa shape index (κ3) is 3.22. The molecule has 0 amide bonds. The number of allylic oxidation sites excluding steroid dienone is 2. The molecule has 2 heterocycles. The van der Waals surface area contributed by atoms with Crippen molar-refractivity contribution in [3.8, 4) is 17.0 Å². The maximum Gasteiger partial charge on any atom is 0.167 e. The zero-order valence-electron chi connectivity index (χ0n) is 18.0. The van der Waals surface area contributed by atoms with Crippen LogP contribution in [0, 0.1) is 12.3 Å². The van der Waals surface area contributed by atoms with Crippen LogP contribution in [-0.2, 0) is 4.79 Å². The Morgan fingerprint density at radius 1 is 1.13 bits per heavy atom. The number of ether oxygens (including phenoxy) is 1. The molecule has 2 aromatic heterocycles. The van der Waals surface area contributed by atoms with Crippen molar-refractivity contribution in [2.75, 3.05) is 7.11 Å². The predicted molar refractivity (Wildman–Crippen MR) is 126 cm³/mol. The number of carbonyl (C=O) groups is 1. The third-order valence-electron chi connectivity index (χ3n) is 5.91. The quantitative estimate of drug-likeness (QED) is 0.392. The highest BCUT2D eigenvalue weighted by molar-refractivity contribution is 7.18. The van der Waals surface area contributed by atoms with Crippen molar-refractivity contribution in [1.82, 2.24) is 9.97 Å². The van der Waals surface area contributed by atoms with Gasteiger partial charge in [-0.15, -0.1) is 11.3 Å². The number of nitrogens with zero attached hydrogens (tertiary/aromatic N) is 1. The first-order chi connectivity index (χ1) is 14.8. The molecule has 0 aliphatic heterocycles. The van der Waals surface area contributed by atoms with E-state index in [9.17, 15) is 9.90 Å². The Bertz CT molecular complexity index is 1370. The number of hydrogen-bond donors (Lipinski definition) is 2. The first kappa shape index (κ1) is 19.8. The first-order valence-corrected chi connectivity index (χ1v) is 11.1. The Kier molecular flexibility index (Phi) is 4.45. The molecule has 158 valence electrons. The highest BCUT2D eigenvalue weighted by atomic mass is 32.1. The van der Waals surface area contributed by atoms with Gasteiger partial charge in [-0.25, -0.2) is 4.98 Å². The molecule has 0 fully saturated rings. The van der Waals surface area contributed by atoms with Gasteiger partial charge in [0.05, 0.1) is 33.6 Å². The maximum absolute atomic E-state index is 13.3. The zero-order valence-corrected chi connectivity index (χ0v) is 18.8. The number of carbonyl (C=O) groups excluding carboxylic acids is 1. The SMILES string of the molecule is COc1ccc(-c2[nH]c3ccc4sc(C)nc4c3c2C2=C(O)CC(C)(C)CC2=O)cc1. The van der Waals surface area contributed by atoms with Crippen molar-refractivity contribution < 1.29 is 14.6 Å². The molecule has 1 aliphatic rings. The molecule has 0 bridgehead atoms. The van der Waals surface area contributed by atoms with Crippen LogP contribution < -0.4 is 4.74 Å². The van der Waals surface area contributed by atoms with Crippen LogP contribution in [-0.4, -0.2) is 28.0 Å². The Hall–Kier alpha value is -3.12. The van der Waals surface area contributed by atoms with Gasteiger partial charge in [-0.3, -0.25) is 4.79 Å². The number of rotatable bonds is 3. The van der Waals surface area contributed by atoms with E-state index in [4.69, 9.17) is 9.72 Å². The number of ketones is 1. The number of aliphatic hydroxyl groups is 1. The normalized spacial score (nSPS) is 16.5. The number of methoxy groups -OCH3 is 1. The molecule has 0 atom stereocenters. The van der Waals surface area contributed by atoms with E-state index in [1.54, 1.807) is 18.4 Å². The monoisotopic (exact) mass is 432 g/mol. The molecule has 0 saturated carbocycles. The number of aromatic nitrogens is 2. The zero-order chi connectivity index (χ0) is 21.9. The molecular weight excluding hydrogens is 408 g/mol. The summed E-state index contributed by atoms with van der Waals surface area (Å²) >= 11 is 1.63. The van der Waals surface area contributed by atoms with Crippen LogP contribution in [0.25, 0.3) is 38.0 Å². The van der Waals surface area contributed by atoms with Crippen molar-refractivity contribution in [1.29, 1.82) is 0 Å². The van der Waals surface area contributed by atoms with Crippen molar-refractivity contribution in [3.63, 3.8) is 0 Å². The summed E-state index contributed by atoms with van der Waals surface area (Å²) in [4.78, 5) is 21.6. The average molecular weight is 433 g/mol. The molecule has 0 radical (unpaired) electrons. The summed E-state index contributed by atoms with van der Waals surface area (Å²) in [6, 6.07) is 11.8. The van der Waals surface area contributed by atoms with Gasteiger partial charge < -0.3 is 14.8 Å². The van der Waals surface area contributed by atoms with E-state index in [2.05, 4.69) is 11.1 Å². The summed E-state index contributed by atoms with van der Waals surface area (Å²) in [5.41, 5.74) is 4.39. The molecule has 4 aromatic rings. The number of fused-ring (bicyclic) bond motifs is 3. The van der Waals surface area contributed by atoms with Gasteiger partial charge >= 0.3 is 0 Å². The maximum atomic E-state index is 13.3. The van der Waals surface area contributed by atoms with Crippen molar-refractivity contribution in [2.45, 2.75) is 33.6 Å². The van der Waals surface area contributed by atoms with Crippen molar-refractivity contribution in [3.05, 3.63) is 52.7 Å². The van der Waals surface area contributed by atoms with Gasteiger partial charge in [-0.2, -0.15) is 0 Å². The van der Waals surface area contributed by atoms with Crippen molar-refractivity contribution in [2.24, 2.45) is 5.41 Å². The minimum atomic E-state index is -0.260. The number of H-pyrrole nitrogens is 1. The second kappa shape index (κ2) is 6.95. The fourth-order valence-electron chi connectivity index (χ4n) is 4.58. The van der Waals surface area contributed by atoms with Gasteiger partial charge in [-0.1, -0.05) is 13.8 Å². The second-order valence-electron chi connectivity index (χ2n) is 8.93. The number of benzene rings is 2. The van der Waals surface area contributed by atoms with Crippen LogP contribution in [0.3, 0.4) is 0 Å². The Balaban J connectivity index is 1.87. The lowest BCUT2D eigenvalue weighted by Gasteiger charge is -2.29. The first-order valence-electron chi connectivity index (χ1n) is 10.3. The van der Waals surface area contributed by atoms with Crippen LogP contribution in [0.15, 0.2) is 42.2 Å². The topological polar surface area (TPSA) is 75.2 Å². The number of aryl methyl sites for hydroxylation is 1. The summed E-state index contributed by atoms with van der Waals surface area (Å²) in [5.74, 6) is 0.880. The highest BCUT2D eigenvalue weighted by Crippen LogP contribution is 2.46. The number of thiazole rings is 1. The molecule has 31 heavy (non-hydrogen) atoms. The Morgan fingerprint density at radius 2 is 1.87 bits per heavy atom. The summed E-state index contributed by atoms with van der Waals surface area (Å²) in [5, 5.41) is 12.9. The van der Waals surface area contributed by atoms with Gasteiger partial charge in [-0.05, 0) is 54.3 Å². The Labute approximate surface area is 184 Å². The van der Waals surface area contributed by atoms with E-state index >= 15 is 0 Å². The minimum Gasteiger partial charge on any atom is -0.512 e. The highest BCUT2D eigenvalue weighted by Gasteiger charge is 2.36. The molecule has 1 aliphatic carbocycles. The van der Waals surface area contributed by atoms with Gasteiger partial charge in [0.25, 0.3) is 0 Å². The van der Waals surface area contributed by atoms with Gasteiger partial charge in [0.15, 0.2) is 5.78 Å². The molecule has 2 N–H and O–H groups in total. The molecule has 5 nitrogen and oxygen atoms in total. The van der Waals surface area contributed by atoms with E-state index in [1.165, 1.54) is 0 Å². The van der Waals surface area contributed by atoms with Gasteiger partial charge in [0.2, 0.25) is 0 Å². The lowest BCUT2D eigenvalue weighted by Crippen LogP contribution is -2.25. The smallest absolute Gasteiger partial charge is 0.167 e. The third-order valence-corrected chi connectivity index (χ3v) is 6.84. The number of nitrogens with one attached hydrogen (secondary N) is 1. The summed E-state index contributed by atoms with van der Waals surface area (Å²) < 4.78 is 6.37. The largest absolute Gasteiger partial charge is 0.512 e. The molecule has 0 unspecified atom stereocenters. The Morgan fingerprint density at radius 3 is 2.55 bits per heavy atom. The van der Waals surface area contributed by atoms with E-state index < -0.39 is 0 Å². The van der Waals surface area contributed by atoms with E-state index in [-0.39, 0.29) is 17.0 Å². The minimum absolute atomic E-state index is 0.0339. The fourth-order valence-corrected chi connectivity index (χ4v) is 5.42. The van der Waals surface area contributed by atoms with Crippen LogP contribution >= 0.6 is 11.3 Å². The lowest BCUT2D eigenvalue weighted by atomic mass is 9.74. The molecule has 0 spiro atoms. The molecule has 6 heteroatoms. The predicted octanol–water partition coefficient (Wildman–Crippen LogP) is 6.42. The summed E-state index contributed by atoms with van der Waals surface area (Å²) in [6.45, 7) is 6.01. The van der Waals surface area contributed by atoms with Crippen LogP contribution in [0.4, 0.5) is 0 Å². The lowest BCUT2D eigenvalue weighted by molar-refractivity contribution is -0.116. The number of aliphatic hydroxyl groups excluding tert-OH is 1. The van der Waals surface area contributed by atoms with E-state index in [0.29, 0.717) is 18.4 Å². The van der Waals surface area contributed by atoms with Crippen LogP contribution in [0.2, 0.25) is 0 Å². The van der Waals surface area contributed by atoms with Gasteiger partial charge in [0.1, 0.15) is 11.5 Å². The summed E-state index contributed by atoms with van der Waals surface area (Å²) in [7, 11) is 1.63. The second-order valence-corrected chi connectivity index (χ2v) is 10.2. The summed E-state index contributed by atoms with van der Waals surface area (Å²) in [6.07, 6.45) is 0.863. The standard InChI is InChI=1S/C25H24N2O3S/c1-13-26-24-19(31-13)10-9-16-20(24)22(21-17(28)11-25(2,3)12-18(21)29)23(27-16)14-5-7-15(30-4)8-6-14/h5-10,27-28H,11-12H2,1-4H3. The van der Waals surface area contributed by atoms with Gasteiger partial charge in [0, 0.05) is 29.3 Å². The van der Waals surface area contributed by atoms with E-state index in [1.807, 2.05) is 51.1 Å². The average Bonchev–Trinajstić information content (AvgIpc) is 3.26. The number of aromatic amines is 1. The molecular formula is C25H24N2O3S. The molecule has 0 saturated heterocycles.